The molecule has 0 saturated carbocycles. The van der Waals surface area contributed by atoms with Crippen molar-refractivity contribution in [3.05, 3.63) is 0 Å². The minimum Gasteiger partial charge on any atom is -0.481 e. The number of hydrogen-bond donors (Lipinski definition) is 1. The Morgan fingerprint density at radius 2 is 1.95 bits per heavy atom. The van der Waals surface area contributed by atoms with E-state index in [-0.39, 0.29) is 6.03 Å². The molecule has 0 aromatic heterocycles. The smallest absolute Gasteiger partial charge is 0.319 e. The third-order valence-corrected chi connectivity index (χ3v) is 4.23. The first-order chi connectivity index (χ1) is 9.46. The summed E-state index contributed by atoms with van der Waals surface area (Å²) in [5.41, 5.74) is -0.728. The lowest BCUT2D eigenvalue weighted by molar-refractivity contribution is -0.148. The topological polar surface area (TPSA) is 60.9 Å². The molecule has 1 atom stereocenters. The van der Waals surface area contributed by atoms with Crippen LogP contribution in [0.2, 0.25) is 0 Å². The van der Waals surface area contributed by atoms with Crippen molar-refractivity contribution in [2.24, 2.45) is 5.41 Å². The first-order valence-electron chi connectivity index (χ1n) is 7.70. The molecule has 0 aromatic carbocycles. The van der Waals surface area contributed by atoms with Crippen LogP contribution in [0.4, 0.5) is 4.79 Å². The first-order valence-corrected chi connectivity index (χ1v) is 7.70. The highest BCUT2D eigenvalue weighted by molar-refractivity contribution is 5.79. The second-order valence-electron chi connectivity index (χ2n) is 5.92. The van der Waals surface area contributed by atoms with E-state index in [0.29, 0.717) is 25.9 Å². The summed E-state index contributed by atoms with van der Waals surface area (Å²) < 4.78 is 0. The van der Waals surface area contributed by atoms with Crippen molar-refractivity contribution >= 4 is 12.0 Å². The zero-order chi connectivity index (χ0) is 15.2. The van der Waals surface area contributed by atoms with Crippen molar-refractivity contribution in [3.8, 4) is 0 Å². The van der Waals surface area contributed by atoms with Gasteiger partial charge in [0.05, 0.1) is 5.41 Å². The van der Waals surface area contributed by atoms with Gasteiger partial charge in [-0.15, -0.1) is 0 Å². The molecule has 1 aliphatic heterocycles. The van der Waals surface area contributed by atoms with Crippen molar-refractivity contribution < 1.29 is 14.7 Å². The molecule has 0 aromatic rings. The summed E-state index contributed by atoms with van der Waals surface area (Å²) in [6.07, 6.45) is 5.31. The third kappa shape index (κ3) is 3.87. The van der Waals surface area contributed by atoms with Crippen LogP contribution < -0.4 is 0 Å². The lowest BCUT2D eigenvalue weighted by atomic mass is 9.83. The number of carbonyl (C=O) groups excluding carboxylic acids is 1. The lowest BCUT2D eigenvalue weighted by Gasteiger charge is -2.27. The average Bonchev–Trinajstić information content (AvgIpc) is 2.84. The number of urea groups is 1. The molecule has 1 unspecified atom stereocenters. The Morgan fingerprint density at radius 3 is 2.50 bits per heavy atom. The number of carboxylic acids is 1. The highest BCUT2D eigenvalue weighted by atomic mass is 16.4. The van der Waals surface area contributed by atoms with Gasteiger partial charge in [-0.25, -0.2) is 4.79 Å². The number of rotatable bonds is 7. The molecule has 5 heteroatoms. The summed E-state index contributed by atoms with van der Waals surface area (Å²) >= 11 is 0. The normalized spacial score (nSPS) is 22.1. The number of aliphatic carboxylic acids is 1. The maximum absolute atomic E-state index is 12.3. The van der Waals surface area contributed by atoms with E-state index in [2.05, 4.69) is 6.92 Å². The quantitative estimate of drug-likeness (QED) is 0.731. The number of likely N-dealkylation sites (tertiary alicyclic amines) is 1. The van der Waals surface area contributed by atoms with Gasteiger partial charge in [0.25, 0.3) is 0 Å². The highest BCUT2D eigenvalue weighted by Crippen LogP contribution is 2.35. The van der Waals surface area contributed by atoms with Crippen molar-refractivity contribution in [1.29, 1.82) is 0 Å². The third-order valence-electron chi connectivity index (χ3n) is 4.23. The summed E-state index contributed by atoms with van der Waals surface area (Å²) in [6, 6.07) is -0.0275. The fraction of sp³-hybridized carbons (Fsp3) is 0.867. The summed E-state index contributed by atoms with van der Waals surface area (Å²) in [4.78, 5) is 27.2. The Balaban J connectivity index is 2.57. The van der Waals surface area contributed by atoms with Crippen LogP contribution in [0.1, 0.15) is 52.4 Å². The van der Waals surface area contributed by atoms with Gasteiger partial charge < -0.3 is 14.9 Å². The van der Waals surface area contributed by atoms with Gasteiger partial charge in [0, 0.05) is 26.7 Å². The van der Waals surface area contributed by atoms with E-state index < -0.39 is 11.4 Å². The maximum Gasteiger partial charge on any atom is 0.319 e. The minimum atomic E-state index is -0.761. The van der Waals surface area contributed by atoms with Crippen molar-refractivity contribution in [2.45, 2.75) is 52.4 Å². The zero-order valence-corrected chi connectivity index (χ0v) is 13.0. The molecule has 0 bridgehead atoms. The number of hydrogen-bond acceptors (Lipinski definition) is 2. The van der Waals surface area contributed by atoms with Gasteiger partial charge >= 0.3 is 12.0 Å². The largest absolute Gasteiger partial charge is 0.481 e. The summed E-state index contributed by atoms with van der Waals surface area (Å²) in [7, 11) is 1.80. The van der Waals surface area contributed by atoms with Crippen molar-refractivity contribution in [3.63, 3.8) is 0 Å². The second-order valence-corrected chi connectivity index (χ2v) is 5.92. The molecular weight excluding hydrogens is 256 g/mol. The SMILES string of the molecule is CCCCCN(C)C(=O)N1CCC(CCC)(C(=O)O)C1. The molecule has 0 spiro atoms. The average molecular weight is 284 g/mol. The van der Waals surface area contributed by atoms with Gasteiger partial charge in [0.15, 0.2) is 0 Å². The molecule has 1 fully saturated rings. The molecule has 116 valence electrons. The van der Waals surface area contributed by atoms with Crippen molar-refractivity contribution in [1.82, 2.24) is 9.80 Å². The van der Waals surface area contributed by atoms with Crippen LogP contribution in [0, 0.1) is 5.41 Å². The van der Waals surface area contributed by atoms with Gasteiger partial charge in [0.1, 0.15) is 0 Å². The van der Waals surface area contributed by atoms with Crippen LogP contribution in [-0.2, 0) is 4.79 Å². The van der Waals surface area contributed by atoms with Gasteiger partial charge in [-0.1, -0.05) is 33.1 Å². The van der Waals surface area contributed by atoms with E-state index in [4.69, 9.17) is 0 Å². The summed E-state index contributed by atoms with van der Waals surface area (Å²) in [6.45, 7) is 5.79. The van der Waals surface area contributed by atoms with E-state index in [1.165, 1.54) is 0 Å². The molecule has 5 nitrogen and oxygen atoms in total. The van der Waals surface area contributed by atoms with Crippen LogP contribution in [0.15, 0.2) is 0 Å². The Morgan fingerprint density at radius 1 is 1.25 bits per heavy atom. The van der Waals surface area contributed by atoms with E-state index >= 15 is 0 Å². The van der Waals surface area contributed by atoms with Gasteiger partial charge in [-0.2, -0.15) is 0 Å². The fourth-order valence-corrected chi connectivity index (χ4v) is 2.94. The molecular formula is C15H28N2O3. The second kappa shape index (κ2) is 7.50. The predicted molar refractivity (Wildman–Crippen MR) is 78.7 cm³/mol. The molecule has 1 N–H and O–H groups in total. The molecule has 1 heterocycles. The molecule has 1 aliphatic rings. The van der Waals surface area contributed by atoms with E-state index in [9.17, 15) is 14.7 Å². The van der Waals surface area contributed by atoms with Crippen LogP contribution in [0.25, 0.3) is 0 Å². The Kier molecular flexibility index (Phi) is 6.30. The van der Waals surface area contributed by atoms with Gasteiger partial charge in [-0.05, 0) is 19.3 Å². The molecule has 20 heavy (non-hydrogen) atoms. The molecule has 0 radical (unpaired) electrons. The van der Waals surface area contributed by atoms with E-state index in [1.54, 1.807) is 16.8 Å². The number of unbranched alkanes of at least 4 members (excludes halogenated alkanes) is 2. The van der Waals surface area contributed by atoms with E-state index in [1.807, 2.05) is 6.92 Å². The van der Waals surface area contributed by atoms with Crippen molar-refractivity contribution in [2.75, 3.05) is 26.7 Å². The maximum atomic E-state index is 12.3. The Labute approximate surface area is 121 Å². The highest BCUT2D eigenvalue weighted by Gasteiger charge is 2.45. The summed E-state index contributed by atoms with van der Waals surface area (Å²) in [5.74, 6) is -0.761. The lowest BCUT2D eigenvalue weighted by Crippen LogP contribution is -2.42. The molecule has 2 amide bonds. The zero-order valence-electron chi connectivity index (χ0n) is 13.0. The first kappa shape index (κ1) is 16.8. The molecule has 0 aliphatic carbocycles. The standard InChI is InChI=1S/C15H28N2O3/c1-4-6-7-10-16(3)14(20)17-11-9-15(12-17,8-5-2)13(18)19/h4-12H2,1-3H3,(H,18,19). The Hall–Kier alpha value is -1.26. The number of nitrogens with zero attached hydrogens (tertiary/aromatic N) is 2. The van der Waals surface area contributed by atoms with Gasteiger partial charge in [-0.3, -0.25) is 4.79 Å². The fourth-order valence-electron chi connectivity index (χ4n) is 2.94. The van der Waals surface area contributed by atoms with Gasteiger partial charge in [0.2, 0.25) is 0 Å². The van der Waals surface area contributed by atoms with Crippen LogP contribution in [-0.4, -0.2) is 53.6 Å². The number of amides is 2. The van der Waals surface area contributed by atoms with Crippen LogP contribution in [0.3, 0.4) is 0 Å². The molecule has 1 rings (SSSR count). The van der Waals surface area contributed by atoms with Crippen LogP contribution >= 0.6 is 0 Å². The molecule has 1 saturated heterocycles. The number of carbonyl (C=O) groups is 2. The summed E-state index contributed by atoms with van der Waals surface area (Å²) in [5, 5.41) is 9.45. The predicted octanol–water partition coefficient (Wildman–Crippen LogP) is 2.81. The Bertz CT molecular complexity index is 346. The van der Waals surface area contributed by atoms with Crippen LogP contribution in [0.5, 0.6) is 0 Å². The monoisotopic (exact) mass is 284 g/mol. The number of carboxylic acid groups (broad SMARTS) is 1. The van der Waals surface area contributed by atoms with E-state index in [0.717, 1.165) is 32.2 Å². The minimum absolute atomic E-state index is 0.0275.